The SMILES string of the molecule is CC1CCCN(CCOc2cccc(C(=O)NN)c2)C1. The minimum atomic E-state index is -0.305. The van der Waals surface area contributed by atoms with Crippen LogP contribution in [-0.4, -0.2) is 37.0 Å². The fraction of sp³-hybridized carbons (Fsp3) is 0.533. The molecule has 1 unspecified atom stereocenters. The van der Waals surface area contributed by atoms with E-state index < -0.39 is 0 Å². The van der Waals surface area contributed by atoms with Crippen LogP contribution >= 0.6 is 0 Å². The van der Waals surface area contributed by atoms with Crippen molar-refractivity contribution in [1.82, 2.24) is 10.3 Å². The fourth-order valence-corrected chi connectivity index (χ4v) is 2.59. The third kappa shape index (κ3) is 4.21. The first-order valence-electron chi connectivity index (χ1n) is 7.15. The first-order chi connectivity index (χ1) is 9.69. The molecule has 5 nitrogen and oxygen atoms in total. The van der Waals surface area contributed by atoms with Gasteiger partial charge in [0, 0.05) is 18.7 Å². The third-order valence-corrected chi connectivity index (χ3v) is 3.64. The lowest BCUT2D eigenvalue weighted by Crippen LogP contribution is -2.37. The standard InChI is InChI=1S/C15H23N3O2/c1-12-4-3-7-18(11-12)8-9-20-14-6-2-5-13(10-14)15(19)17-16/h2,5-6,10,12H,3-4,7-9,11,16H2,1H3,(H,17,19). The number of likely N-dealkylation sites (tertiary alicyclic amines) is 1. The lowest BCUT2D eigenvalue weighted by molar-refractivity contribution is 0.0953. The number of ether oxygens (including phenoxy) is 1. The minimum Gasteiger partial charge on any atom is -0.492 e. The van der Waals surface area contributed by atoms with E-state index in [-0.39, 0.29) is 5.91 Å². The van der Waals surface area contributed by atoms with Crippen LogP contribution in [0.5, 0.6) is 5.75 Å². The highest BCUT2D eigenvalue weighted by Gasteiger charge is 2.15. The predicted octanol–water partition coefficient (Wildman–Crippen LogP) is 1.40. The average molecular weight is 277 g/mol. The number of hydrogen-bond donors (Lipinski definition) is 2. The first kappa shape index (κ1) is 14.8. The summed E-state index contributed by atoms with van der Waals surface area (Å²) in [7, 11) is 0. The highest BCUT2D eigenvalue weighted by molar-refractivity contribution is 5.94. The van der Waals surface area contributed by atoms with E-state index in [0.29, 0.717) is 17.9 Å². The lowest BCUT2D eigenvalue weighted by atomic mass is 10.0. The van der Waals surface area contributed by atoms with Crippen LogP contribution in [-0.2, 0) is 0 Å². The Morgan fingerprint density at radius 2 is 2.40 bits per heavy atom. The number of benzene rings is 1. The third-order valence-electron chi connectivity index (χ3n) is 3.64. The molecule has 1 aliphatic rings. The number of carbonyl (C=O) groups is 1. The second kappa shape index (κ2) is 7.26. The molecule has 0 bridgehead atoms. The average Bonchev–Trinajstić information content (AvgIpc) is 2.47. The molecule has 0 radical (unpaired) electrons. The highest BCUT2D eigenvalue weighted by Crippen LogP contribution is 2.16. The summed E-state index contributed by atoms with van der Waals surface area (Å²) in [4.78, 5) is 13.9. The molecule has 1 aromatic carbocycles. The van der Waals surface area contributed by atoms with Gasteiger partial charge in [0.15, 0.2) is 0 Å². The number of piperidine rings is 1. The maximum absolute atomic E-state index is 11.4. The molecular formula is C15H23N3O2. The summed E-state index contributed by atoms with van der Waals surface area (Å²) < 4.78 is 5.72. The number of nitrogens with zero attached hydrogens (tertiary/aromatic N) is 1. The van der Waals surface area contributed by atoms with Crippen LogP contribution in [0.15, 0.2) is 24.3 Å². The van der Waals surface area contributed by atoms with Crippen molar-refractivity contribution < 1.29 is 9.53 Å². The number of nitrogens with one attached hydrogen (secondary N) is 1. The second-order valence-corrected chi connectivity index (χ2v) is 5.40. The van der Waals surface area contributed by atoms with E-state index in [4.69, 9.17) is 10.6 Å². The number of hydrazine groups is 1. The maximum Gasteiger partial charge on any atom is 0.265 e. The van der Waals surface area contributed by atoms with Gasteiger partial charge in [-0.15, -0.1) is 0 Å². The largest absolute Gasteiger partial charge is 0.492 e. The number of nitrogen functional groups attached to an aromatic ring is 1. The molecule has 110 valence electrons. The van der Waals surface area contributed by atoms with Crippen molar-refractivity contribution in [2.45, 2.75) is 19.8 Å². The molecule has 1 aliphatic heterocycles. The van der Waals surface area contributed by atoms with Crippen molar-refractivity contribution in [3.05, 3.63) is 29.8 Å². The van der Waals surface area contributed by atoms with Crippen molar-refractivity contribution in [2.75, 3.05) is 26.2 Å². The molecule has 1 aromatic rings. The minimum absolute atomic E-state index is 0.305. The van der Waals surface area contributed by atoms with E-state index >= 15 is 0 Å². The molecular weight excluding hydrogens is 254 g/mol. The molecule has 1 saturated heterocycles. The molecule has 1 atom stereocenters. The van der Waals surface area contributed by atoms with Crippen LogP contribution in [0.25, 0.3) is 0 Å². The first-order valence-corrected chi connectivity index (χ1v) is 7.15. The molecule has 1 heterocycles. The molecule has 0 aromatic heterocycles. The topological polar surface area (TPSA) is 67.6 Å². The summed E-state index contributed by atoms with van der Waals surface area (Å²) in [5.74, 6) is 6.30. The van der Waals surface area contributed by atoms with Crippen LogP contribution in [0.2, 0.25) is 0 Å². The van der Waals surface area contributed by atoms with E-state index in [1.54, 1.807) is 18.2 Å². The van der Waals surface area contributed by atoms with Gasteiger partial charge in [-0.25, -0.2) is 5.84 Å². The van der Waals surface area contributed by atoms with Crippen LogP contribution in [0.3, 0.4) is 0 Å². The van der Waals surface area contributed by atoms with Gasteiger partial charge in [-0.2, -0.15) is 0 Å². The molecule has 5 heteroatoms. The van der Waals surface area contributed by atoms with Crippen LogP contribution in [0.1, 0.15) is 30.1 Å². The Morgan fingerprint density at radius 3 is 3.15 bits per heavy atom. The zero-order chi connectivity index (χ0) is 14.4. The Kier molecular flexibility index (Phi) is 5.38. The van der Waals surface area contributed by atoms with E-state index in [9.17, 15) is 4.79 Å². The van der Waals surface area contributed by atoms with E-state index in [1.165, 1.54) is 12.8 Å². The lowest BCUT2D eigenvalue weighted by Gasteiger charge is -2.30. The Morgan fingerprint density at radius 1 is 1.55 bits per heavy atom. The highest BCUT2D eigenvalue weighted by atomic mass is 16.5. The summed E-state index contributed by atoms with van der Waals surface area (Å²) in [6.45, 7) is 6.17. The van der Waals surface area contributed by atoms with E-state index in [1.807, 2.05) is 6.07 Å². The van der Waals surface area contributed by atoms with Crippen molar-refractivity contribution >= 4 is 5.91 Å². The van der Waals surface area contributed by atoms with Crippen molar-refractivity contribution in [1.29, 1.82) is 0 Å². The predicted molar refractivity (Wildman–Crippen MR) is 78.4 cm³/mol. The van der Waals surface area contributed by atoms with Gasteiger partial charge in [-0.05, 0) is 43.5 Å². The smallest absolute Gasteiger partial charge is 0.265 e. The summed E-state index contributed by atoms with van der Waals surface area (Å²) in [6.07, 6.45) is 2.60. The number of hydrogen-bond acceptors (Lipinski definition) is 4. The second-order valence-electron chi connectivity index (χ2n) is 5.40. The van der Waals surface area contributed by atoms with Crippen molar-refractivity contribution in [2.24, 2.45) is 11.8 Å². The number of rotatable bonds is 5. The molecule has 3 N–H and O–H groups in total. The van der Waals surface area contributed by atoms with Gasteiger partial charge in [0.1, 0.15) is 12.4 Å². The van der Waals surface area contributed by atoms with E-state index in [0.717, 1.165) is 25.6 Å². The zero-order valence-corrected chi connectivity index (χ0v) is 12.0. The van der Waals surface area contributed by atoms with Gasteiger partial charge in [-0.3, -0.25) is 15.1 Å². The van der Waals surface area contributed by atoms with Gasteiger partial charge in [-0.1, -0.05) is 13.0 Å². The summed E-state index contributed by atoms with van der Waals surface area (Å²) in [6, 6.07) is 7.07. The van der Waals surface area contributed by atoms with Gasteiger partial charge >= 0.3 is 0 Å². The van der Waals surface area contributed by atoms with Gasteiger partial charge in [0.2, 0.25) is 0 Å². The van der Waals surface area contributed by atoms with Crippen molar-refractivity contribution in [3.63, 3.8) is 0 Å². The molecule has 0 spiro atoms. The zero-order valence-electron chi connectivity index (χ0n) is 12.0. The molecule has 1 fully saturated rings. The molecule has 2 rings (SSSR count). The van der Waals surface area contributed by atoms with Crippen LogP contribution in [0.4, 0.5) is 0 Å². The van der Waals surface area contributed by atoms with E-state index in [2.05, 4.69) is 17.2 Å². The fourth-order valence-electron chi connectivity index (χ4n) is 2.59. The summed E-state index contributed by atoms with van der Waals surface area (Å²) >= 11 is 0. The van der Waals surface area contributed by atoms with Crippen molar-refractivity contribution in [3.8, 4) is 5.75 Å². The van der Waals surface area contributed by atoms with Gasteiger partial charge < -0.3 is 4.74 Å². The molecule has 0 aliphatic carbocycles. The molecule has 1 amide bonds. The monoisotopic (exact) mass is 277 g/mol. The number of carbonyl (C=O) groups excluding carboxylic acids is 1. The normalized spacial score (nSPS) is 19.6. The van der Waals surface area contributed by atoms with Crippen LogP contribution < -0.4 is 16.0 Å². The Balaban J connectivity index is 1.80. The Labute approximate surface area is 120 Å². The molecule has 20 heavy (non-hydrogen) atoms. The van der Waals surface area contributed by atoms with Gasteiger partial charge in [0.05, 0.1) is 0 Å². The summed E-state index contributed by atoms with van der Waals surface area (Å²) in [5, 5.41) is 0. The Bertz CT molecular complexity index is 450. The maximum atomic E-state index is 11.4. The Hall–Kier alpha value is -1.59. The molecule has 0 saturated carbocycles. The quantitative estimate of drug-likeness (QED) is 0.485. The number of amides is 1. The number of nitrogens with two attached hydrogens (primary N) is 1. The van der Waals surface area contributed by atoms with Gasteiger partial charge in [0.25, 0.3) is 5.91 Å². The summed E-state index contributed by atoms with van der Waals surface area (Å²) in [5.41, 5.74) is 2.63. The van der Waals surface area contributed by atoms with Crippen LogP contribution in [0, 0.1) is 5.92 Å².